The molecule has 0 fully saturated rings. The first-order valence-electron chi connectivity index (χ1n) is 2.79. The minimum atomic E-state index is 0.701. The molecule has 0 aromatic carbocycles. The average Bonchev–Trinajstić information content (AvgIpc) is 1.81. The number of carbonyl (C=O) groups is 1. The van der Waals surface area contributed by atoms with Crippen LogP contribution < -0.4 is 5.09 Å². The number of rotatable bonds is 5. The van der Waals surface area contributed by atoms with Crippen LogP contribution in [0.2, 0.25) is 0 Å². The molecule has 0 aliphatic rings. The van der Waals surface area contributed by atoms with Crippen molar-refractivity contribution in [3.63, 3.8) is 0 Å². The van der Waals surface area contributed by atoms with E-state index in [1.54, 1.807) is 0 Å². The number of aldehydes is 1. The molecule has 0 amide bonds. The SMILES string of the molecule is O=CCCCCNP. The molecule has 0 spiro atoms. The summed E-state index contributed by atoms with van der Waals surface area (Å²) in [6, 6.07) is 0. The van der Waals surface area contributed by atoms with Crippen LogP contribution >= 0.6 is 9.39 Å². The van der Waals surface area contributed by atoms with E-state index in [0.717, 1.165) is 25.7 Å². The molecule has 8 heavy (non-hydrogen) atoms. The molecule has 1 atom stereocenters. The Morgan fingerprint density at radius 2 is 2.25 bits per heavy atom. The lowest BCUT2D eigenvalue weighted by molar-refractivity contribution is -0.107. The molecule has 2 nitrogen and oxygen atoms in total. The first-order chi connectivity index (χ1) is 3.91. The van der Waals surface area contributed by atoms with Crippen molar-refractivity contribution in [1.29, 1.82) is 0 Å². The third-order valence-electron chi connectivity index (χ3n) is 0.893. The second-order valence-corrected chi connectivity index (χ2v) is 2.02. The fourth-order valence-electron chi connectivity index (χ4n) is 0.455. The zero-order valence-corrected chi connectivity index (χ0v) is 6.05. The fourth-order valence-corrected chi connectivity index (χ4v) is 0.659. The summed E-state index contributed by atoms with van der Waals surface area (Å²) in [5, 5.41) is 2.93. The van der Waals surface area contributed by atoms with Crippen molar-refractivity contribution < 1.29 is 4.79 Å². The Hall–Kier alpha value is 0.0600. The number of hydrogen-bond acceptors (Lipinski definition) is 2. The molecule has 1 unspecified atom stereocenters. The highest BCUT2D eigenvalue weighted by atomic mass is 31.0. The van der Waals surface area contributed by atoms with E-state index in [4.69, 9.17) is 0 Å². The molecule has 0 radical (unpaired) electrons. The predicted molar refractivity (Wildman–Crippen MR) is 37.6 cm³/mol. The van der Waals surface area contributed by atoms with Gasteiger partial charge < -0.3 is 9.88 Å². The van der Waals surface area contributed by atoms with Gasteiger partial charge in [-0.05, 0) is 19.4 Å². The minimum absolute atomic E-state index is 0.701. The van der Waals surface area contributed by atoms with Gasteiger partial charge in [0, 0.05) is 6.42 Å². The molecule has 0 rings (SSSR count). The Kier molecular flexibility index (Phi) is 7.11. The van der Waals surface area contributed by atoms with E-state index >= 15 is 0 Å². The second-order valence-electron chi connectivity index (χ2n) is 1.62. The third kappa shape index (κ3) is 6.06. The quantitative estimate of drug-likeness (QED) is 0.340. The lowest BCUT2D eigenvalue weighted by atomic mass is 10.2. The van der Waals surface area contributed by atoms with Crippen molar-refractivity contribution >= 4 is 15.7 Å². The molecule has 1 N–H and O–H groups in total. The van der Waals surface area contributed by atoms with E-state index in [9.17, 15) is 4.79 Å². The van der Waals surface area contributed by atoms with E-state index in [-0.39, 0.29) is 0 Å². The van der Waals surface area contributed by atoms with Crippen LogP contribution in [-0.2, 0) is 4.79 Å². The van der Waals surface area contributed by atoms with Gasteiger partial charge in [0.2, 0.25) is 0 Å². The van der Waals surface area contributed by atoms with Crippen LogP contribution in [0.3, 0.4) is 0 Å². The van der Waals surface area contributed by atoms with Gasteiger partial charge in [-0.25, -0.2) is 0 Å². The van der Waals surface area contributed by atoms with Gasteiger partial charge in [-0.1, -0.05) is 9.39 Å². The van der Waals surface area contributed by atoms with Gasteiger partial charge in [0.1, 0.15) is 6.29 Å². The highest BCUT2D eigenvalue weighted by Gasteiger charge is 1.82. The molecule has 0 aromatic rings. The normalized spacial score (nSPS) is 9.12. The second kappa shape index (κ2) is 7.06. The maximum absolute atomic E-state index is 9.74. The van der Waals surface area contributed by atoms with Crippen molar-refractivity contribution in [2.45, 2.75) is 19.3 Å². The van der Waals surface area contributed by atoms with Gasteiger partial charge in [-0.15, -0.1) is 0 Å². The van der Waals surface area contributed by atoms with E-state index in [1.807, 2.05) is 0 Å². The van der Waals surface area contributed by atoms with Gasteiger partial charge in [-0.3, -0.25) is 0 Å². The Morgan fingerprint density at radius 1 is 1.50 bits per heavy atom. The first-order valence-corrected chi connectivity index (χ1v) is 3.36. The molecule has 0 saturated carbocycles. The van der Waals surface area contributed by atoms with Crippen molar-refractivity contribution in [2.75, 3.05) is 6.54 Å². The molecule has 3 heteroatoms. The third-order valence-corrected chi connectivity index (χ3v) is 1.18. The maximum Gasteiger partial charge on any atom is 0.119 e. The molecule has 0 aliphatic carbocycles. The molecule has 48 valence electrons. The van der Waals surface area contributed by atoms with Crippen LogP contribution in [0.15, 0.2) is 0 Å². The van der Waals surface area contributed by atoms with Crippen molar-refractivity contribution in [1.82, 2.24) is 5.09 Å². The van der Waals surface area contributed by atoms with Crippen LogP contribution in [-0.4, -0.2) is 12.8 Å². The summed E-state index contributed by atoms with van der Waals surface area (Å²) in [5.41, 5.74) is 0. The molecule has 0 heterocycles. The summed E-state index contributed by atoms with van der Waals surface area (Å²) in [6.45, 7) is 0.985. The van der Waals surface area contributed by atoms with Gasteiger partial charge in [-0.2, -0.15) is 0 Å². The molecule has 0 aromatic heterocycles. The topological polar surface area (TPSA) is 29.1 Å². The summed E-state index contributed by atoms with van der Waals surface area (Å²) >= 11 is 0. The van der Waals surface area contributed by atoms with Crippen LogP contribution in [0.5, 0.6) is 0 Å². The minimum Gasteiger partial charge on any atom is -0.303 e. The summed E-state index contributed by atoms with van der Waals surface area (Å²) in [4.78, 5) is 9.74. The summed E-state index contributed by atoms with van der Waals surface area (Å²) in [6.07, 6.45) is 3.75. The highest BCUT2D eigenvalue weighted by Crippen LogP contribution is 1.89. The zero-order chi connectivity index (χ0) is 6.24. The van der Waals surface area contributed by atoms with Crippen molar-refractivity contribution in [3.8, 4) is 0 Å². The Balaban J connectivity index is 2.62. The van der Waals surface area contributed by atoms with Gasteiger partial charge >= 0.3 is 0 Å². The lowest BCUT2D eigenvalue weighted by Gasteiger charge is -1.92. The number of hydrogen-bond donors (Lipinski definition) is 1. The van der Waals surface area contributed by atoms with Crippen LogP contribution in [0, 0.1) is 0 Å². The van der Waals surface area contributed by atoms with E-state index in [0.29, 0.717) is 6.42 Å². The Labute approximate surface area is 52.3 Å². The van der Waals surface area contributed by atoms with E-state index in [1.165, 1.54) is 0 Å². The molecule has 0 bridgehead atoms. The van der Waals surface area contributed by atoms with Crippen LogP contribution in [0.4, 0.5) is 0 Å². The van der Waals surface area contributed by atoms with E-state index < -0.39 is 0 Å². The first kappa shape index (κ1) is 8.06. The average molecular weight is 133 g/mol. The molecule has 0 saturated heterocycles. The van der Waals surface area contributed by atoms with Gasteiger partial charge in [0.15, 0.2) is 0 Å². The van der Waals surface area contributed by atoms with E-state index in [2.05, 4.69) is 14.5 Å². The molecule has 0 aliphatic heterocycles. The van der Waals surface area contributed by atoms with Gasteiger partial charge in [0.05, 0.1) is 0 Å². The predicted octanol–water partition coefficient (Wildman–Crippen LogP) is 0.735. The molecular weight excluding hydrogens is 121 g/mol. The Morgan fingerprint density at radius 3 is 2.75 bits per heavy atom. The monoisotopic (exact) mass is 133 g/mol. The van der Waals surface area contributed by atoms with Crippen LogP contribution in [0.25, 0.3) is 0 Å². The highest BCUT2D eigenvalue weighted by molar-refractivity contribution is 7.13. The fraction of sp³-hybridized carbons (Fsp3) is 0.800. The zero-order valence-electron chi connectivity index (χ0n) is 4.89. The molecular formula is C5H12NOP. The summed E-state index contributed by atoms with van der Waals surface area (Å²) in [7, 11) is 2.43. The maximum atomic E-state index is 9.74. The number of unbranched alkanes of at least 4 members (excludes halogenated alkanes) is 2. The standard InChI is InChI=1S/C5H12NOP/c7-5-3-1-2-4-6-8/h5-6H,1-4,8H2. The van der Waals surface area contributed by atoms with Crippen LogP contribution in [0.1, 0.15) is 19.3 Å². The number of carbonyl (C=O) groups excluding carboxylic acids is 1. The lowest BCUT2D eigenvalue weighted by Crippen LogP contribution is -1.98. The number of nitrogens with one attached hydrogen (secondary N) is 1. The summed E-state index contributed by atoms with van der Waals surface area (Å²) < 4.78 is 0. The smallest absolute Gasteiger partial charge is 0.119 e. The van der Waals surface area contributed by atoms with Gasteiger partial charge in [0.25, 0.3) is 0 Å². The largest absolute Gasteiger partial charge is 0.303 e. The summed E-state index contributed by atoms with van der Waals surface area (Å²) in [5.74, 6) is 0. The van der Waals surface area contributed by atoms with Crippen molar-refractivity contribution in [3.05, 3.63) is 0 Å². The Bertz CT molecular complexity index is 58.4. The van der Waals surface area contributed by atoms with Crippen molar-refractivity contribution in [2.24, 2.45) is 0 Å².